The van der Waals surface area contributed by atoms with Crippen molar-refractivity contribution in [3.8, 4) is 6.07 Å². The summed E-state index contributed by atoms with van der Waals surface area (Å²) in [5.74, 6) is 0.543. The number of nitriles is 1. The van der Waals surface area contributed by atoms with Crippen LogP contribution in [0.3, 0.4) is 0 Å². The van der Waals surface area contributed by atoms with Crippen molar-refractivity contribution >= 4 is 11.5 Å². The number of β-amino-alcohol motifs (C(OH)–C–C–N with tert-alkyl or cyclic N) is 2. The highest BCUT2D eigenvalue weighted by atomic mass is 16.3. The van der Waals surface area contributed by atoms with E-state index in [1.165, 1.54) is 0 Å². The molecule has 0 saturated carbocycles. The van der Waals surface area contributed by atoms with E-state index in [1.807, 2.05) is 6.07 Å². The van der Waals surface area contributed by atoms with E-state index in [9.17, 15) is 10.2 Å². The Morgan fingerprint density at radius 1 is 1.38 bits per heavy atom. The molecule has 0 spiro atoms. The monoisotopic (exact) mass is 220 g/mol. The fourth-order valence-corrected chi connectivity index (χ4v) is 1.68. The summed E-state index contributed by atoms with van der Waals surface area (Å²) >= 11 is 0. The van der Waals surface area contributed by atoms with E-state index >= 15 is 0 Å². The number of hydrogen-bond donors (Lipinski definition) is 3. The van der Waals surface area contributed by atoms with Crippen LogP contribution in [0.15, 0.2) is 12.1 Å². The largest absolute Gasteiger partial charge is 0.396 e. The SMILES string of the molecule is N#Cc1nc(N2CC(O)C(O)C2)ccc1N. The lowest BCUT2D eigenvalue weighted by atomic mass is 10.3. The number of rotatable bonds is 1. The molecule has 1 aliphatic heterocycles. The van der Waals surface area contributed by atoms with Crippen LogP contribution in [-0.4, -0.2) is 40.5 Å². The highest BCUT2D eigenvalue weighted by Gasteiger charge is 2.30. The number of aromatic nitrogens is 1. The minimum atomic E-state index is -0.773. The zero-order valence-electron chi connectivity index (χ0n) is 8.54. The van der Waals surface area contributed by atoms with Crippen molar-refractivity contribution < 1.29 is 10.2 Å². The number of nitrogens with zero attached hydrogens (tertiary/aromatic N) is 3. The molecule has 1 aliphatic rings. The molecule has 2 heterocycles. The van der Waals surface area contributed by atoms with Crippen molar-refractivity contribution in [3.63, 3.8) is 0 Å². The second kappa shape index (κ2) is 3.96. The normalized spacial score (nSPS) is 24.4. The molecular formula is C10H12N4O2. The summed E-state index contributed by atoms with van der Waals surface area (Å²) in [4.78, 5) is 5.78. The van der Waals surface area contributed by atoms with E-state index in [4.69, 9.17) is 11.0 Å². The van der Waals surface area contributed by atoms with Crippen LogP contribution in [0.2, 0.25) is 0 Å². The van der Waals surface area contributed by atoms with Gasteiger partial charge in [0.1, 0.15) is 11.9 Å². The molecule has 6 nitrogen and oxygen atoms in total. The molecular weight excluding hydrogens is 208 g/mol. The summed E-state index contributed by atoms with van der Waals surface area (Å²) in [5.41, 5.74) is 6.04. The van der Waals surface area contributed by atoms with Gasteiger partial charge in [0.25, 0.3) is 0 Å². The van der Waals surface area contributed by atoms with Gasteiger partial charge in [0.2, 0.25) is 0 Å². The third-order valence-electron chi connectivity index (χ3n) is 2.60. The molecule has 6 heteroatoms. The van der Waals surface area contributed by atoms with Crippen molar-refractivity contribution in [2.75, 3.05) is 23.7 Å². The predicted molar refractivity (Wildman–Crippen MR) is 57.6 cm³/mol. The molecule has 1 saturated heterocycles. The zero-order valence-corrected chi connectivity index (χ0v) is 8.54. The first kappa shape index (κ1) is 10.7. The fraction of sp³-hybridized carbons (Fsp3) is 0.400. The van der Waals surface area contributed by atoms with Crippen molar-refractivity contribution in [2.45, 2.75) is 12.2 Å². The van der Waals surface area contributed by atoms with Gasteiger partial charge in [-0.3, -0.25) is 0 Å². The molecule has 16 heavy (non-hydrogen) atoms. The van der Waals surface area contributed by atoms with Crippen molar-refractivity contribution in [2.24, 2.45) is 0 Å². The number of anilines is 2. The Bertz CT molecular complexity index is 433. The highest BCUT2D eigenvalue weighted by molar-refractivity contribution is 5.55. The summed E-state index contributed by atoms with van der Waals surface area (Å²) in [5, 5.41) is 27.6. The van der Waals surface area contributed by atoms with Crippen LogP contribution in [0.4, 0.5) is 11.5 Å². The summed E-state index contributed by atoms with van der Waals surface area (Å²) in [6.07, 6.45) is -1.55. The molecule has 1 fully saturated rings. The van der Waals surface area contributed by atoms with Gasteiger partial charge in [0.05, 0.1) is 17.9 Å². The molecule has 2 atom stereocenters. The van der Waals surface area contributed by atoms with E-state index in [1.54, 1.807) is 17.0 Å². The van der Waals surface area contributed by atoms with Crippen LogP contribution < -0.4 is 10.6 Å². The lowest BCUT2D eigenvalue weighted by Gasteiger charge is -2.16. The third kappa shape index (κ3) is 1.78. The molecule has 0 aromatic carbocycles. The van der Waals surface area contributed by atoms with Gasteiger partial charge < -0.3 is 20.8 Å². The Hall–Kier alpha value is -1.84. The lowest BCUT2D eigenvalue weighted by Crippen LogP contribution is -2.22. The summed E-state index contributed by atoms with van der Waals surface area (Å²) in [6.45, 7) is 0.617. The van der Waals surface area contributed by atoms with Crippen LogP contribution in [0, 0.1) is 11.3 Å². The van der Waals surface area contributed by atoms with E-state index in [0.29, 0.717) is 24.6 Å². The zero-order chi connectivity index (χ0) is 11.7. The van der Waals surface area contributed by atoms with Crippen LogP contribution in [0.1, 0.15) is 5.69 Å². The Morgan fingerprint density at radius 3 is 2.56 bits per heavy atom. The number of nitrogen functional groups attached to an aromatic ring is 1. The first-order valence-electron chi connectivity index (χ1n) is 4.89. The number of pyridine rings is 1. The Labute approximate surface area is 92.6 Å². The predicted octanol–water partition coefficient (Wildman–Crippen LogP) is -0.923. The molecule has 0 aliphatic carbocycles. The average Bonchev–Trinajstić information content (AvgIpc) is 2.60. The van der Waals surface area contributed by atoms with E-state index in [-0.39, 0.29) is 5.69 Å². The molecule has 2 rings (SSSR count). The molecule has 1 aromatic rings. The first-order chi connectivity index (χ1) is 7.61. The standard InChI is InChI=1S/C10H12N4O2/c11-3-7-6(12)1-2-10(13-7)14-4-8(15)9(16)5-14/h1-2,8-9,15-16H,4-5,12H2. The highest BCUT2D eigenvalue weighted by Crippen LogP contribution is 2.21. The molecule has 0 radical (unpaired) electrons. The lowest BCUT2D eigenvalue weighted by molar-refractivity contribution is 0.0572. The molecule has 84 valence electrons. The number of hydrogen-bond acceptors (Lipinski definition) is 6. The van der Waals surface area contributed by atoms with Gasteiger partial charge in [-0.25, -0.2) is 4.98 Å². The van der Waals surface area contributed by atoms with E-state index in [0.717, 1.165) is 0 Å². The maximum absolute atomic E-state index is 9.40. The molecule has 2 unspecified atom stereocenters. The summed E-state index contributed by atoms with van der Waals surface area (Å²) in [6, 6.07) is 5.16. The molecule has 0 bridgehead atoms. The Kier molecular flexibility index (Phi) is 2.64. The van der Waals surface area contributed by atoms with Crippen molar-refractivity contribution in [1.82, 2.24) is 4.98 Å². The maximum atomic E-state index is 9.40. The van der Waals surface area contributed by atoms with Crippen molar-refractivity contribution in [3.05, 3.63) is 17.8 Å². The van der Waals surface area contributed by atoms with E-state index in [2.05, 4.69) is 4.98 Å². The van der Waals surface area contributed by atoms with E-state index < -0.39 is 12.2 Å². The third-order valence-corrected chi connectivity index (χ3v) is 2.60. The topological polar surface area (TPSA) is 106 Å². The smallest absolute Gasteiger partial charge is 0.165 e. The van der Waals surface area contributed by atoms with Gasteiger partial charge in [-0.15, -0.1) is 0 Å². The summed E-state index contributed by atoms with van der Waals surface area (Å²) in [7, 11) is 0. The molecule has 4 N–H and O–H groups in total. The second-order valence-electron chi connectivity index (χ2n) is 3.76. The number of aliphatic hydroxyl groups is 2. The van der Waals surface area contributed by atoms with Gasteiger partial charge in [0, 0.05) is 13.1 Å². The fourth-order valence-electron chi connectivity index (χ4n) is 1.68. The van der Waals surface area contributed by atoms with Crippen LogP contribution in [-0.2, 0) is 0 Å². The molecule has 0 amide bonds. The van der Waals surface area contributed by atoms with Gasteiger partial charge in [-0.05, 0) is 12.1 Å². The number of aliphatic hydroxyl groups excluding tert-OH is 2. The van der Waals surface area contributed by atoms with Gasteiger partial charge in [0.15, 0.2) is 5.69 Å². The Balaban J connectivity index is 2.26. The van der Waals surface area contributed by atoms with Crippen molar-refractivity contribution in [1.29, 1.82) is 5.26 Å². The minimum absolute atomic E-state index is 0.161. The first-order valence-corrected chi connectivity index (χ1v) is 4.89. The van der Waals surface area contributed by atoms with Crippen LogP contribution in [0.25, 0.3) is 0 Å². The maximum Gasteiger partial charge on any atom is 0.165 e. The molecule has 1 aromatic heterocycles. The van der Waals surface area contributed by atoms with Crippen LogP contribution >= 0.6 is 0 Å². The second-order valence-corrected chi connectivity index (χ2v) is 3.76. The average molecular weight is 220 g/mol. The Morgan fingerprint density at radius 2 is 2.00 bits per heavy atom. The van der Waals surface area contributed by atoms with Gasteiger partial charge in [-0.1, -0.05) is 0 Å². The van der Waals surface area contributed by atoms with Gasteiger partial charge in [-0.2, -0.15) is 5.26 Å². The summed E-state index contributed by atoms with van der Waals surface area (Å²) < 4.78 is 0. The minimum Gasteiger partial charge on any atom is -0.396 e. The number of nitrogens with two attached hydrogens (primary N) is 1. The quantitative estimate of drug-likeness (QED) is 0.565. The van der Waals surface area contributed by atoms with Crippen LogP contribution in [0.5, 0.6) is 0 Å². The van der Waals surface area contributed by atoms with Gasteiger partial charge >= 0.3 is 0 Å².